The third kappa shape index (κ3) is 3.74. The van der Waals surface area contributed by atoms with Crippen LogP contribution in [-0.4, -0.2) is 47.5 Å². The van der Waals surface area contributed by atoms with Crippen LogP contribution < -0.4 is 0 Å². The van der Waals surface area contributed by atoms with E-state index >= 15 is 0 Å². The Morgan fingerprint density at radius 2 is 1.73 bits per heavy atom. The van der Waals surface area contributed by atoms with Gasteiger partial charge in [0.2, 0.25) is 5.91 Å². The first-order valence-electron chi connectivity index (χ1n) is 9.42. The number of hydrogen-bond acceptors (Lipinski definition) is 4. The van der Waals surface area contributed by atoms with Gasteiger partial charge in [-0.15, -0.1) is 0 Å². The summed E-state index contributed by atoms with van der Waals surface area (Å²) in [7, 11) is 0. The minimum absolute atomic E-state index is 0.0277. The zero-order valence-electron chi connectivity index (χ0n) is 15.3. The standard InChI is InChI=1S/C20H26N2O4/c1-2-26-18(24)11-6-10-17(23)21-14-7-15-22(21)19(25)20(12-13-20)16-8-4-3-5-9-16/h3-5,8-9H,2,6-7,10-15H2,1H3. The third-order valence-corrected chi connectivity index (χ3v) is 5.12. The number of hydrazine groups is 1. The van der Waals surface area contributed by atoms with Crippen molar-refractivity contribution in [2.75, 3.05) is 19.7 Å². The maximum atomic E-state index is 13.2. The van der Waals surface area contributed by atoms with Crippen molar-refractivity contribution in [2.24, 2.45) is 0 Å². The highest BCUT2D eigenvalue weighted by molar-refractivity contribution is 5.93. The molecule has 2 fully saturated rings. The molecule has 0 unspecified atom stereocenters. The summed E-state index contributed by atoms with van der Waals surface area (Å²) in [6, 6.07) is 9.83. The second-order valence-corrected chi connectivity index (χ2v) is 6.91. The van der Waals surface area contributed by atoms with Crippen molar-refractivity contribution in [3.8, 4) is 0 Å². The Labute approximate surface area is 154 Å². The summed E-state index contributed by atoms with van der Waals surface area (Å²) < 4.78 is 4.88. The molecule has 0 spiro atoms. The molecule has 1 heterocycles. The van der Waals surface area contributed by atoms with Crippen LogP contribution >= 0.6 is 0 Å². The molecule has 1 aliphatic heterocycles. The molecule has 2 aliphatic rings. The Bertz CT molecular complexity index is 670. The molecule has 1 aliphatic carbocycles. The smallest absolute Gasteiger partial charge is 0.305 e. The van der Waals surface area contributed by atoms with Gasteiger partial charge in [0.25, 0.3) is 5.91 Å². The highest BCUT2D eigenvalue weighted by Gasteiger charge is 2.54. The van der Waals surface area contributed by atoms with E-state index in [-0.39, 0.29) is 30.6 Å². The highest BCUT2D eigenvalue weighted by Crippen LogP contribution is 2.50. The van der Waals surface area contributed by atoms with Gasteiger partial charge in [-0.05, 0) is 38.2 Å². The first kappa shape index (κ1) is 18.4. The van der Waals surface area contributed by atoms with Crippen LogP contribution in [-0.2, 0) is 24.5 Å². The van der Waals surface area contributed by atoms with Crippen LogP contribution in [0.3, 0.4) is 0 Å². The Morgan fingerprint density at radius 1 is 1.04 bits per heavy atom. The topological polar surface area (TPSA) is 66.9 Å². The second kappa shape index (κ2) is 7.89. The number of benzene rings is 1. The van der Waals surface area contributed by atoms with E-state index in [0.29, 0.717) is 26.1 Å². The fourth-order valence-electron chi connectivity index (χ4n) is 3.58. The molecule has 6 nitrogen and oxygen atoms in total. The lowest BCUT2D eigenvalue weighted by molar-refractivity contribution is -0.159. The van der Waals surface area contributed by atoms with Gasteiger partial charge >= 0.3 is 5.97 Å². The van der Waals surface area contributed by atoms with Crippen molar-refractivity contribution in [2.45, 2.75) is 50.9 Å². The fraction of sp³-hybridized carbons (Fsp3) is 0.550. The van der Waals surface area contributed by atoms with Crippen LogP contribution in [0.1, 0.15) is 51.0 Å². The normalized spacial score (nSPS) is 17.9. The van der Waals surface area contributed by atoms with E-state index in [0.717, 1.165) is 24.8 Å². The average molecular weight is 358 g/mol. The maximum Gasteiger partial charge on any atom is 0.305 e. The van der Waals surface area contributed by atoms with Crippen LogP contribution in [0.5, 0.6) is 0 Å². The first-order valence-corrected chi connectivity index (χ1v) is 9.42. The van der Waals surface area contributed by atoms with Crippen molar-refractivity contribution in [1.82, 2.24) is 10.0 Å². The van der Waals surface area contributed by atoms with Gasteiger partial charge in [-0.2, -0.15) is 0 Å². The number of ether oxygens (including phenoxy) is 1. The average Bonchev–Trinajstić information content (AvgIpc) is 3.31. The first-order chi connectivity index (χ1) is 12.6. The van der Waals surface area contributed by atoms with Gasteiger partial charge in [-0.3, -0.25) is 24.4 Å². The van der Waals surface area contributed by atoms with E-state index in [1.807, 2.05) is 30.3 Å². The van der Waals surface area contributed by atoms with Gasteiger partial charge in [0.15, 0.2) is 0 Å². The number of rotatable bonds is 7. The predicted octanol–water partition coefficient (Wildman–Crippen LogP) is 2.43. The van der Waals surface area contributed by atoms with Gasteiger partial charge in [0, 0.05) is 25.9 Å². The minimum Gasteiger partial charge on any atom is -0.466 e. The summed E-state index contributed by atoms with van der Waals surface area (Å²) >= 11 is 0. The fourth-order valence-corrected chi connectivity index (χ4v) is 3.58. The van der Waals surface area contributed by atoms with Crippen LogP contribution in [0.15, 0.2) is 30.3 Å². The highest BCUT2D eigenvalue weighted by atomic mass is 16.5. The molecule has 140 valence electrons. The summed E-state index contributed by atoms with van der Waals surface area (Å²) in [6.07, 6.45) is 3.38. The van der Waals surface area contributed by atoms with Gasteiger partial charge in [0.1, 0.15) is 0 Å². The number of carbonyl (C=O) groups is 3. The number of carbonyl (C=O) groups excluding carboxylic acids is 3. The molecule has 3 rings (SSSR count). The summed E-state index contributed by atoms with van der Waals surface area (Å²) in [5.74, 6) is -0.348. The van der Waals surface area contributed by atoms with Crippen molar-refractivity contribution in [3.63, 3.8) is 0 Å². The van der Waals surface area contributed by atoms with E-state index in [1.54, 1.807) is 16.9 Å². The van der Waals surface area contributed by atoms with Crippen LogP contribution in [0.25, 0.3) is 0 Å². The lowest BCUT2D eigenvalue weighted by Crippen LogP contribution is -2.48. The van der Waals surface area contributed by atoms with Crippen molar-refractivity contribution >= 4 is 17.8 Å². The molecule has 0 atom stereocenters. The Kier molecular flexibility index (Phi) is 5.59. The molecule has 2 amide bonds. The molecular formula is C20H26N2O4. The third-order valence-electron chi connectivity index (χ3n) is 5.12. The van der Waals surface area contributed by atoms with Crippen LogP contribution in [0, 0.1) is 0 Å². The summed E-state index contributed by atoms with van der Waals surface area (Å²) in [4.78, 5) is 37.1. The molecule has 0 bridgehead atoms. The SMILES string of the molecule is CCOC(=O)CCCC(=O)N1CCCN1C(=O)C1(c2ccccc2)CC1. The Morgan fingerprint density at radius 3 is 2.38 bits per heavy atom. The number of amides is 2. The molecular weight excluding hydrogens is 332 g/mol. The summed E-state index contributed by atoms with van der Waals surface area (Å²) in [5.41, 5.74) is 0.571. The molecule has 1 aromatic carbocycles. The lowest BCUT2D eigenvalue weighted by atomic mass is 9.95. The zero-order valence-corrected chi connectivity index (χ0v) is 15.3. The van der Waals surface area contributed by atoms with E-state index < -0.39 is 5.41 Å². The number of hydrogen-bond donors (Lipinski definition) is 0. The molecule has 0 aromatic heterocycles. The maximum absolute atomic E-state index is 13.2. The van der Waals surface area contributed by atoms with Crippen LogP contribution in [0.2, 0.25) is 0 Å². The van der Waals surface area contributed by atoms with Crippen molar-refractivity contribution < 1.29 is 19.1 Å². The quantitative estimate of drug-likeness (QED) is 0.702. The number of nitrogens with zero attached hydrogens (tertiary/aromatic N) is 2. The molecule has 0 radical (unpaired) electrons. The van der Waals surface area contributed by atoms with Gasteiger partial charge in [0.05, 0.1) is 12.0 Å². The van der Waals surface area contributed by atoms with E-state index in [9.17, 15) is 14.4 Å². The zero-order chi connectivity index (χ0) is 18.6. The summed E-state index contributed by atoms with van der Waals surface area (Å²) in [5, 5.41) is 3.21. The van der Waals surface area contributed by atoms with Gasteiger partial charge in [-0.25, -0.2) is 0 Å². The predicted molar refractivity (Wildman–Crippen MR) is 95.9 cm³/mol. The van der Waals surface area contributed by atoms with Crippen molar-refractivity contribution in [1.29, 1.82) is 0 Å². The van der Waals surface area contributed by atoms with Gasteiger partial charge in [-0.1, -0.05) is 30.3 Å². The molecule has 0 N–H and O–H groups in total. The number of esters is 1. The monoisotopic (exact) mass is 358 g/mol. The summed E-state index contributed by atoms with van der Waals surface area (Å²) in [6.45, 7) is 3.26. The molecule has 1 aromatic rings. The van der Waals surface area contributed by atoms with Gasteiger partial charge < -0.3 is 4.74 Å². The van der Waals surface area contributed by atoms with E-state index in [2.05, 4.69) is 0 Å². The largest absolute Gasteiger partial charge is 0.466 e. The second-order valence-electron chi connectivity index (χ2n) is 6.91. The molecule has 1 saturated heterocycles. The Balaban J connectivity index is 1.60. The Hall–Kier alpha value is -2.37. The molecule has 6 heteroatoms. The van der Waals surface area contributed by atoms with E-state index in [1.165, 1.54) is 0 Å². The van der Waals surface area contributed by atoms with Crippen LogP contribution in [0.4, 0.5) is 0 Å². The lowest BCUT2D eigenvalue weighted by Gasteiger charge is -2.31. The molecule has 26 heavy (non-hydrogen) atoms. The van der Waals surface area contributed by atoms with Crippen molar-refractivity contribution in [3.05, 3.63) is 35.9 Å². The molecule has 1 saturated carbocycles. The van der Waals surface area contributed by atoms with E-state index in [4.69, 9.17) is 4.74 Å². The minimum atomic E-state index is -0.463.